The minimum atomic E-state index is -0.291. The Labute approximate surface area is 136 Å². The second kappa shape index (κ2) is 6.62. The molecular weight excluding hydrogens is 321 g/mol. The van der Waals surface area contributed by atoms with E-state index in [1.807, 2.05) is 6.07 Å². The monoisotopic (exact) mass is 333 g/mol. The molecule has 3 rings (SSSR count). The van der Waals surface area contributed by atoms with Crippen molar-refractivity contribution in [2.24, 2.45) is 0 Å². The van der Waals surface area contributed by atoms with E-state index in [2.05, 4.69) is 15.5 Å². The molecule has 1 N–H and O–H groups in total. The quantitative estimate of drug-likeness (QED) is 0.780. The summed E-state index contributed by atoms with van der Waals surface area (Å²) in [5.41, 5.74) is 0.789. The normalized spacial score (nSPS) is 10.7. The zero-order valence-electron chi connectivity index (χ0n) is 12.0. The van der Waals surface area contributed by atoms with Crippen molar-refractivity contribution in [3.05, 3.63) is 65.3 Å². The number of carbonyl (C=O) groups excluding carboxylic acids is 1. The van der Waals surface area contributed by atoms with Crippen LogP contribution in [0.3, 0.4) is 0 Å². The summed E-state index contributed by atoms with van der Waals surface area (Å²) >= 11 is 5.74. The Hall–Kier alpha value is -2.67. The highest BCUT2D eigenvalue weighted by atomic mass is 35.5. The number of nitrogens with one attached hydrogen (secondary N) is 1. The number of hydrogen-bond acceptors (Lipinski definition) is 3. The molecule has 0 saturated heterocycles. The second-order valence-corrected chi connectivity index (χ2v) is 5.37. The Morgan fingerprint density at radius 2 is 2.17 bits per heavy atom. The molecule has 0 fully saturated rings. The molecule has 2 aromatic heterocycles. The van der Waals surface area contributed by atoms with Gasteiger partial charge in [-0.15, -0.1) is 0 Å². The van der Waals surface area contributed by atoms with Gasteiger partial charge in [0.15, 0.2) is 5.82 Å². The number of rotatable bonds is 5. The highest BCUT2D eigenvalue weighted by Gasteiger charge is 2.07. The maximum Gasteiger partial charge on any atom is 0.247 e. The van der Waals surface area contributed by atoms with Crippen LogP contribution >= 0.6 is 11.6 Å². The molecule has 8 heteroatoms. The molecule has 2 heterocycles. The topological polar surface area (TPSA) is 64.7 Å². The fourth-order valence-electron chi connectivity index (χ4n) is 2.09. The lowest BCUT2D eigenvalue weighted by Crippen LogP contribution is -2.19. The maximum atomic E-state index is 13.2. The molecule has 3 aromatic rings. The molecule has 1 aromatic carbocycles. The van der Waals surface area contributed by atoms with Gasteiger partial charge in [-0.1, -0.05) is 23.7 Å². The molecule has 0 aliphatic heterocycles. The first-order valence-corrected chi connectivity index (χ1v) is 7.22. The van der Waals surface area contributed by atoms with Gasteiger partial charge in [0.25, 0.3) is 0 Å². The van der Waals surface area contributed by atoms with Gasteiger partial charge in [-0.25, -0.2) is 4.39 Å². The predicted molar refractivity (Wildman–Crippen MR) is 83.6 cm³/mol. The van der Waals surface area contributed by atoms with E-state index in [0.29, 0.717) is 17.4 Å². The van der Waals surface area contributed by atoms with E-state index >= 15 is 0 Å². The van der Waals surface area contributed by atoms with Gasteiger partial charge in [-0.3, -0.25) is 14.2 Å². The number of nitrogens with zero attached hydrogens (tertiary/aromatic N) is 4. The third-order valence-electron chi connectivity index (χ3n) is 3.05. The molecule has 0 unspecified atom stereocenters. The van der Waals surface area contributed by atoms with Crippen LogP contribution in [0.4, 0.5) is 10.2 Å². The molecular formula is C15H13ClFN5O. The molecule has 1 amide bonds. The van der Waals surface area contributed by atoms with Crippen molar-refractivity contribution in [3.8, 4) is 0 Å². The van der Waals surface area contributed by atoms with E-state index in [0.717, 1.165) is 5.56 Å². The van der Waals surface area contributed by atoms with Gasteiger partial charge in [0.1, 0.15) is 12.4 Å². The van der Waals surface area contributed by atoms with Crippen molar-refractivity contribution in [1.82, 2.24) is 19.6 Å². The minimum Gasteiger partial charge on any atom is -0.308 e. The van der Waals surface area contributed by atoms with Crippen molar-refractivity contribution in [2.75, 3.05) is 5.32 Å². The molecule has 0 radical (unpaired) electrons. The van der Waals surface area contributed by atoms with Crippen molar-refractivity contribution in [3.63, 3.8) is 0 Å². The summed E-state index contributed by atoms with van der Waals surface area (Å²) in [5.74, 6) is -0.133. The van der Waals surface area contributed by atoms with E-state index in [-0.39, 0.29) is 18.3 Å². The lowest BCUT2D eigenvalue weighted by molar-refractivity contribution is -0.116. The standard InChI is InChI=1S/C15H13ClFN5O/c16-12-7-18-22(9-12)10-15(23)19-14-4-5-21(20-14)8-11-2-1-3-13(17)6-11/h1-7,9H,8,10H2,(H,19,20,23). The van der Waals surface area contributed by atoms with Crippen LogP contribution in [0.25, 0.3) is 0 Å². The smallest absolute Gasteiger partial charge is 0.247 e. The first-order chi connectivity index (χ1) is 11.1. The number of benzene rings is 1. The summed E-state index contributed by atoms with van der Waals surface area (Å²) in [7, 11) is 0. The van der Waals surface area contributed by atoms with Crippen LogP contribution in [0.1, 0.15) is 5.56 Å². The average Bonchev–Trinajstić information content (AvgIpc) is 3.08. The summed E-state index contributed by atoms with van der Waals surface area (Å²) < 4.78 is 16.2. The van der Waals surface area contributed by atoms with Gasteiger partial charge >= 0.3 is 0 Å². The molecule has 0 bridgehead atoms. The van der Waals surface area contributed by atoms with Crippen LogP contribution in [0.5, 0.6) is 0 Å². The van der Waals surface area contributed by atoms with Gasteiger partial charge in [0.05, 0.1) is 17.8 Å². The summed E-state index contributed by atoms with van der Waals surface area (Å²) in [6.07, 6.45) is 4.73. The Morgan fingerprint density at radius 3 is 2.91 bits per heavy atom. The third-order valence-corrected chi connectivity index (χ3v) is 3.24. The van der Waals surface area contributed by atoms with Crippen LogP contribution in [0, 0.1) is 5.82 Å². The minimum absolute atomic E-state index is 0.0451. The third kappa shape index (κ3) is 4.17. The van der Waals surface area contributed by atoms with Crippen LogP contribution in [0.2, 0.25) is 5.02 Å². The summed E-state index contributed by atoms with van der Waals surface area (Å²) in [6, 6.07) is 7.96. The molecule has 6 nitrogen and oxygen atoms in total. The van der Waals surface area contributed by atoms with E-state index in [1.54, 1.807) is 29.2 Å². The number of hydrogen-bond donors (Lipinski definition) is 1. The highest BCUT2D eigenvalue weighted by Crippen LogP contribution is 2.09. The molecule has 118 valence electrons. The number of anilines is 1. The maximum absolute atomic E-state index is 13.2. The number of halogens is 2. The van der Waals surface area contributed by atoms with Crippen LogP contribution in [-0.2, 0) is 17.9 Å². The molecule has 0 aliphatic rings. The number of carbonyl (C=O) groups is 1. The first-order valence-electron chi connectivity index (χ1n) is 6.84. The first kappa shape index (κ1) is 15.2. The van der Waals surface area contributed by atoms with Crippen molar-refractivity contribution < 1.29 is 9.18 Å². The fourth-order valence-corrected chi connectivity index (χ4v) is 2.25. The zero-order chi connectivity index (χ0) is 16.2. The van der Waals surface area contributed by atoms with Crippen LogP contribution < -0.4 is 5.32 Å². The number of aromatic nitrogens is 4. The van der Waals surface area contributed by atoms with Gasteiger partial charge in [0.2, 0.25) is 5.91 Å². The SMILES string of the molecule is O=C(Cn1cc(Cl)cn1)Nc1ccn(Cc2cccc(F)c2)n1. The summed E-state index contributed by atoms with van der Waals surface area (Å²) in [4.78, 5) is 11.9. The van der Waals surface area contributed by atoms with Gasteiger partial charge < -0.3 is 5.32 Å². The average molecular weight is 334 g/mol. The van der Waals surface area contributed by atoms with E-state index in [1.165, 1.54) is 23.0 Å². The van der Waals surface area contributed by atoms with E-state index in [4.69, 9.17) is 11.6 Å². The summed E-state index contributed by atoms with van der Waals surface area (Å²) in [5, 5.41) is 11.3. The lowest BCUT2D eigenvalue weighted by atomic mass is 10.2. The lowest BCUT2D eigenvalue weighted by Gasteiger charge is -2.03. The fraction of sp³-hybridized carbons (Fsp3) is 0.133. The van der Waals surface area contributed by atoms with Crippen molar-refractivity contribution in [2.45, 2.75) is 13.1 Å². The van der Waals surface area contributed by atoms with Gasteiger partial charge in [-0.2, -0.15) is 10.2 Å². The van der Waals surface area contributed by atoms with Crippen molar-refractivity contribution in [1.29, 1.82) is 0 Å². The molecule has 0 atom stereocenters. The second-order valence-electron chi connectivity index (χ2n) is 4.93. The molecule has 23 heavy (non-hydrogen) atoms. The Morgan fingerprint density at radius 1 is 1.30 bits per heavy atom. The van der Waals surface area contributed by atoms with Gasteiger partial charge in [-0.05, 0) is 17.7 Å². The molecule has 0 spiro atoms. The highest BCUT2D eigenvalue weighted by molar-refractivity contribution is 6.30. The van der Waals surface area contributed by atoms with Gasteiger partial charge in [0, 0.05) is 18.5 Å². The zero-order valence-corrected chi connectivity index (χ0v) is 12.7. The van der Waals surface area contributed by atoms with Crippen LogP contribution in [-0.4, -0.2) is 25.5 Å². The predicted octanol–water partition coefficient (Wildman–Crippen LogP) is 2.56. The largest absolute Gasteiger partial charge is 0.308 e. The Kier molecular flexibility index (Phi) is 4.38. The van der Waals surface area contributed by atoms with E-state index < -0.39 is 0 Å². The van der Waals surface area contributed by atoms with E-state index in [9.17, 15) is 9.18 Å². The molecule has 0 saturated carbocycles. The van der Waals surface area contributed by atoms with Crippen LogP contribution in [0.15, 0.2) is 48.9 Å². The number of amides is 1. The van der Waals surface area contributed by atoms with Crippen molar-refractivity contribution >= 4 is 23.3 Å². The Balaban J connectivity index is 1.59. The Bertz CT molecular complexity index is 829. The summed E-state index contributed by atoms with van der Waals surface area (Å²) in [6.45, 7) is 0.464. The molecule has 0 aliphatic carbocycles.